The van der Waals surface area contributed by atoms with Crippen LogP contribution in [0.15, 0.2) is 11.6 Å². The second kappa shape index (κ2) is 3.47. The van der Waals surface area contributed by atoms with E-state index in [0.717, 1.165) is 0 Å². The van der Waals surface area contributed by atoms with Crippen molar-refractivity contribution in [2.24, 2.45) is 11.3 Å². The molecule has 0 unspecified atom stereocenters. The Morgan fingerprint density at radius 2 is 2.11 bits per heavy atom. The van der Waals surface area contributed by atoms with E-state index in [9.17, 15) is 20.1 Å². The van der Waals surface area contributed by atoms with Crippen molar-refractivity contribution >= 4 is 5.78 Å². The van der Waals surface area contributed by atoms with Crippen LogP contribution in [0.2, 0.25) is 0 Å². The Morgan fingerprint density at radius 3 is 2.63 bits per heavy atom. The van der Waals surface area contributed by atoms with Gasteiger partial charge in [0.2, 0.25) is 11.6 Å². The predicted octanol–water partition coefficient (Wildman–Crippen LogP) is 0.131. The Morgan fingerprint density at radius 1 is 1.47 bits per heavy atom. The fourth-order valence-electron chi connectivity index (χ4n) is 4.05. The summed E-state index contributed by atoms with van der Waals surface area (Å²) in [5.41, 5.74) is -1.23. The van der Waals surface area contributed by atoms with Crippen LogP contribution >= 0.6 is 0 Å². The minimum Gasteiger partial charge on any atom is -0.392 e. The minimum absolute atomic E-state index is 0.00273. The van der Waals surface area contributed by atoms with Crippen molar-refractivity contribution < 1.29 is 24.9 Å². The molecule has 1 spiro atoms. The molecule has 3 N–H and O–H groups in total. The molecule has 3 fully saturated rings. The molecule has 5 heteroatoms. The van der Waals surface area contributed by atoms with Crippen molar-refractivity contribution in [3.05, 3.63) is 11.6 Å². The van der Waals surface area contributed by atoms with E-state index in [-0.39, 0.29) is 17.9 Å². The van der Waals surface area contributed by atoms with Crippen LogP contribution in [0, 0.1) is 11.3 Å². The van der Waals surface area contributed by atoms with Crippen molar-refractivity contribution in [1.82, 2.24) is 0 Å². The zero-order valence-corrected chi connectivity index (χ0v) is 11.4. The van der Waals surface area contributed by atoms with E-state index in [2.05, 4.69) is 0 Å². The Bertz CT molecular complexity index is 480. The van der Waals surface area contributed by atoms with Gasteiger partial charge in [-0.2, -0.15) is 0 Å². The molecule has 19 heavy (non-hydrogen) atoms. The van der Waals surface area contributed by atoms with Gasteiger partial charge >= 0.3 is 0 Å². The van der Waals surface area contributed by atoms with Crippen LogP contribution in [0.5, 0.6) is 0 Å². The molecule has 2 saturated carbocycles. The van der Waals surface area contributed by atoms with Crippen LogP contribution in [0.1, 0.15) is 33.6 Å². The summed E-state index contributed by atoms with van der Waals surface area (Å²) in [6, 6.07) is 0. The van der Waals surface area contributed by atoms with Gasteiger partial charge in [0, 0.05) is 17.9 Å². The largest absolute Gasteiger partial charge is 0.392 e. The summed E-state index contributed by atoms with van der Waals surface area (Å²) in [5, 5.41) is 30.5. The van der Waals surface area contributed by atoms with Gasteiger partial charge in [-0.1, -0.05) is 0 Å². The van der Waals surface area contributed by atoms with Crippen LogP contribution in [0.3, 0.4) is 0 Å². The summed E-state index contributed by atoms with van der Waals surface area (Å²) in [6.07, 6.45) is 0.538. The van der Waals surface area contributed by atoms with E-state index in [1.807, 2.05) is 13.8 Å². The van der Waals surface area contributed by atoms with Gasteiger partial charge in [-0.25, -0.2) is 0 Å². The lowest BCUT2D eigenvalue weighted by molar-refractivity contribution is -0.255. The van der Waals surface area contributed by atoms with E-state index < -0.39 is 34.8 Å². The van der Waals surface area contributed by atoms with Gasteiger partial charge in [0.25, 0.3) is 0 Å². The Balaban J connectivity index is 2.05. The second-order valence-electron chi connectivity index (χ2n) is 6.63. The number of hydrogen-bond acceptors (Lipinski definition) is 5. The van der Waals surface area contributed by atoms with Crippen molar-refractivity contribution in [2.75, 3.05) is 0 Å². The SMILES string of the molecule is C[C@H](O)/C=C1\C[C@H](O)[C@]23C[C@H]2C(C)(C)O[C@]3(O)C1=O. The van der Waals surface area contributed by atoms with E-state index in [1.165, 1.54) is 13.0 Å². The maximum absolute atomic E-state index is 12.5. The maximum Gasteiger partial charge on any atom is 0.240 e. The highest BCUT2D eigenvalue weighted by atomic mass is 16.7. The van der Waals surface area contributed by atoms with Gasteiger partial charge in [-0.3, -0.25) is 4.79 Å². The number of aliphatic hydroxyl groups excluding tert-OH is 2. The normalized spacial score (nSPS) is 50.8. The molecule has 3 rings (SSSR count). The fourth-order valence-corrected chi connectivity index (χ4v) is 4.05. The molecule has 0 aromatic heterocycles. The lowest BCUT2D eigenvalue weighted by Crippen LogP contribution is -2.57. The first-order chi connectivity index (χ1) is 8.65. The van der Waals surface area contributed by atoms with E-state index in [0.29, 0.717) is 6.42 Å². The first-order valence-corrected chi connectivity index (χ1v) is 6.69. The molecule has 0 bridgehead atoms. The molecule has 5 atom stereocenters. The minimum atomic E-state index is -1.94. The number of ketones is 1. The quantitative estimate of drug-likeness (QED) is 0.588. The number of Topliss-reactive ketones (excluding diaryl/α,β-unsaturated/α-hetero) is 1. The maximum atomic E-state index is 12.5. The lowest BCUT2D eigenvalue weighted by Gasteiger charge is -2.40. The third-order valence-electron chi connectivity index (χ3n) is 4.93. The van der Waals surface area contributed by atoms with E-state index in [1.54, 1.807) is 0 Å². The number of aliphatic hydroxyl groups is 3. The molecule has 5 nitrogen and oxygen atoms in total. The third kappa shape index (κ3) is 1.41. The number of hydrogen-bond donors (Lipinski definition) is 3. The van der Waals surface area contributed by atoms with Gasteiger partial charge in [0.15, 0.2) is 0 Å². The summed E-state index contributed by atoms with van der Waals surface area (Å²) >= 11 is 0. The smallest absolute Gasteiger partial charge is 0.240 e. The topological polar surface area (TPSA) is 87.0 Å². The third-order valence-corrected chi connectivity index (χ3v) is 4.93. The van der Waals surface area contributed by atoms with Crippen LogP contribution < -0.4 is 0 Å². The lowest BCUT2D eigenvalue weighted by atomic mass is 9.73. The van der Waals surface area contributed by atoms with Crippen LogP contribution in [-0.4, -0.2) is 44.7 Å². The molecule has 0 aromatic rings. The zero-order valence-electron chi connectivity index (χ0n) is 11.4. The molecule has 1 aliphatic heterocycles. The van der Waals surface area contributed by atoms with Gasteiger partial charge in [0.05, 0.1) is 23.2 Å². The molecule has 1 saturated heterocycles. The zero-order chi connectivity index (χ0) is 14.2. The van der Waals surface area contributed by atoms with Crippen LogP contribution in [0.4, 0.5) is 0 Å². The summed E-state index contributed by atoms with van der Waals surface area (Å²) in [7, 11) is 0. The summed E-state index contributed by atoms with van der Waals surface area (Å²) < 4.78 is 5.61. The van der Waals surface area contributed by atoms with Gasteiger partial charge in [-0.05, 0) is 33.3 Å². The molecular formula is C14H20O5. The summed E-state index contributed by atoms with van der Waals surface area (Å²) in [5.74, 6) is -2.46. The average Bonchev–Trinajstić information content (AvgIpc) is 2.97. The highest BCUT2D eigenvalue weighted by molar-refractivity contribution is 6.03. The second-order valence-corrected chi connectivity index (χ2v) is 6.63. The monoisotopic (exact) mass is 268 g/mol. The fraction of sp³-hybridized carbons (Fsp3) is 0.786. The van der Waals surface area contributed by atoms with Crippen molar-refractivity contribution in [1.29, 1.82) is 0 Å². The number of carbonyl (C=O) groups is 1. The Labute approximate surface area is 111 Å². The van der Waals surface area contributed by atoms with Crippen LogP contribution in [0.25, 0.3) is 0 Å². The number of carbonyl (C=O) groups excluding carboxylic acids is 1. The molecule has 106 valence electrons. The molecular weight excluding hydrogens is 248 g/mol. The van der Waals surface area contributed by atoms with Crippen molar-refractivity contribution in [3.63, 3.8) is 0 Å². The molecule has 1 heterocycles. The van der Waals surface area contributed by atoms with Crippen LogP contribution in [-0.2, 0) is 9.53 Å². The molecule has 0 radical (unpaired) electrons. The van der Waals surface area contributed by atoms with E-state index in [4.69, 9.17) is 4.74 Å². The molecule has 3 aliphatic rings. The first kappa shape index (κ1) is 13.2. The van der Waals surface area contributed by atoms with Crippen molar-refractivity contribution in [2.45, 2.75) is 57.2 Å². The highest BCUT2D eigenvalue weighted by Crippen LogP contribution is 2.75. The summed E-state index contributed by atoms with van der Waals surface area (Å²) in [6.45, 7) is 5.20. The standard InChI is InChI=1S/C14H20O5/c1-7(15)4-8-5-10(16)13-6-9(13)12(2,3)19-14(13,18)11(8)17/h4,7,9-10,15-16,18H,5-6H2,1-3H3/b8-4+/t7-,9-,10-,13-,14+/m0/s1. The van der Waals surface area contributed by atoms with E-state index >= 15 is 0 Å². The molecule has 2 aliphatic carbocycles. The van der Waals surface area contributed by atoms with Gasteiger partial charge in [-0.15, -0.1) is 0 Å². The van der Waals surface area contributed by atoms with Gasteiger partial charge in [0.1, 0.15) is 0 Å². The highest BCUT2D eigenvalue weighted by Gasteiger charge is 2.84. The van der Waals surface area contributed by atoms with Gasteiger partial charge < -0.3 is 20.1 Å². The first-order valence-electron chi connectivity index (χ1n) is 6.69. The number of ether oxygens (including phenoxy) is 1. The number of rotatable bonds is 1. The Kier molecular flexibility index (Phi) is 2.42. The average molecular weight is 268 g/mol. The molecule has 0 aromatic carbocycles. The summed E-state index contributed by atoms with van der Waals surface area (Å²) in [4.78, 5) is 12.5. The van der Waals surface area contributed by atoms with Crippen molar-refractivity contribution in [3.8, 4) is 0 Å². The molecule has 0 amide bonds. The Hall–Kier alpha value is -0.750. The predicted molar refractivity (Wildman–Crippen MR) is 66.0 cm³/mol.